The highest BCUT2D eigenvalue weighted by Gasteiger charge is 2.36. The Labute approximate surface area is 123 Å². The first-order valence-electron chi connectivity index (χ1n) is 7.36. The van der Waals surface area contributed by atoms with Gasteiger partial charge < -0.3 is 10.2 Å². The number of nitrogens with one attached hydrogen (secondary N) is 1. The number of aromatic nitrogens is 2. The largest absolute Gasteiger partial charge is 0.352 e. The van der Waals surface area contributed by atoms with Crippen LogP contribution in [0, 0.1) is 0 Å². The van der Waals surface area contributed by atoms with Crippen molar-refractivity contribution in [3.8, 4) is 0 Å². The van der Waals surface area contributed by atoms with Crippen molar-refractivity contribution in [2.75, 3.05) is 11.4 Å². The highest BCUT2D eigenvalue weighted by molar-refractivity contribution is 7.15. The molecule has 1 saturated carbocycles. The molecule has 3 rings (SSSR count). The molecule has 5 nitrogen and oxygen atoms in total. The number of rotatable bonds is 3. The summed E-state index contributed by atoms with van der Waals surface area (Å²) in [5.74, 6) is 0.164. The highest BCUT2D eigenvalue weighted by atomic mass is 32.1. The minimum Gasteiger partial charge on any atom is -0.352 e. The second kappa shape index (κ2) is 4.98. The molecule has 1 amide bonds. The summed E-state index contributed by atoms with van der Waals surface area (Å²) in [7, 11) is 0. The number of carbonyl (C=O) groups is 1. The molecule has 20 heavy (non-hydrogen) atoms. The molecule has 0 unspecified atom stereocenters. The van der Waals surface area contributed by atoms with Crippen LogP contribution in [0.1, 0.15) is 51.5 Å². The zero-order valence-electron chi connectivity index (χ0n) is 12.3. The SMILES string of the molecule is CC(C)(C)c1nnc(N2CCC[C@@H]2C(=O)NC2CC2)s1. The maximum absolute atomic E-state index is 12.3. The zero-order valence-corrected chi connectivity index (χ0v) is 13.2. The van der Waals surface area contributed by atoms with Gasteiger partial charge in [-0.15, -0.1) is 10.2 Å². The number of nitrogens with zero attached hydrogens (tertiary/aromatic N) is 3. The number of hydrogen-bond donors (Lipinski definition) is 1. The predicted octanol–water partition coefficient (Wildman–Crippen LogP) is 2.08. The van der Waals surface area contributed by atoms with Gasteiger partial charge in [0, 0.05) is 18.0 Å². The number of amides is 1. The van der Waals surface area contributed by atoms with E-state index in [1.54, 1.807) is 11.3 Å². The Morgan fingerprint density at radius 3 is 2.65 bits per heavy atom. The van der Waals surface area contributed by atoms with E-state index in [2.05, 4.69) is 41.2 Å². The minimum absolute atomic E-state index is 0.0153. The molecule has 1 aromatic heterocycles. The summed E-state index contributed by atoms with van der Waals surface area (Å²) in [5.41, 5.74) is 0.0153. The third kappa shape index (κ3) is 2.80. The van der Waals surface area contributed by atoms with Gasteiger partial charge >= 0.3 is 0 Å². The normalized spacial score (nSPS) is 23.1. The van der Waals surface area contributed by atoms with Gasteiger partial charge in [0.1, 0.15) is 11.0 Å². The molecule has 1 aliphatic heterocycles. The molecule has 1 atom stereocenters. The molecule has 0 aromatic carbocycles. The van der Waals surface area contributed by atoms with Crippen LogP contribution in [0.2, 0.25) is 0 Å². The van der Waals surface area contributed by atoms with Crippen molar-refractivity contribution in [2.45, 2.75) is 64.0 Å². The molecule has 1 aliphatic carbocycles. The molecule has 0 bridgehead atoms. The second-order valence-corrected chi connectivity index (χ2v) is 7.73. The summed E-state index contributed by atoms with van der Waals surface area (Å²) >= 11 is 1.62. The topological polar surface area (TPSA) is 58.1 Å². The van der Waals surface area contributed by atoms with Gasteiger partial charge in [-0.1, -0.05) is 32.1 Å². The van der Waals surface area contributed by atoms with Crippen LogP contribution in [0.15, 0.2) is 0 Å². The Kier molecular flexibility index (Phi) is 3.44. The van der Waals surface area contributed by atoms with Crippen LogP contribution in [0.5, 0.6) is 0 Å². The Morgan fingerprint density at radius 1 is 1.30 bits per heavy atom. The van der Waals surface area contributed by atoms with E-state index in [-0.39, 0.29) is 17.4 Å². The molecular weight excluding hydrogens is 272 g/mol. The monoisotopic (exact) mass is 294 g/mol. The lowest BCUT2D eigenvalue weighted by Gasteiger charge is -2.22. The molecule has 0 spiro atoms. The van der Waals surface area contributed by atoms with Crippen molar-refractivity contribution >= 4 is 22.4 Å². The Morgan fingerprint density at radius 2 is 2.05 bits per heavy atom. The van der Waals surface area contributed by atoms with Gasteiger partial charge in [0.2, 0.25) is 11.0 Å². The molecule has 2 aliphatic rings. The van der Waals surface area contributed by atoms with Gasteiger partial charge in [-0.3, -0.25) is 4.79 Å². The van der Waals surface area contributed by atoms with Crippen molar-refractivity contribution in [2.24, 2.45) is 0 Å². The molecule has 0 radical (unpaired) electrons. The number of hydrogen-bond acceptors (Lipinski definition) is 5. The van der Waals surface area contributed by atoms with Crippen molar-refractivity contribution in [3.05, 3.63) is 5.01 Å². The quantitative estimate of drug-likeness (QED) is 0.927. The average molecular weight is 294 g/mol. The first-order valence-corrected chi connectivity index (χ1v) is 8.18. The molecule has 1 N–H and O–H groups in total. The van der Waals surface area contributed by atoms with Crippen molar-refractivity contribution in [3.63, 3.8) is 0 Å². The number of carbonyl (C=O) groups excluding carboxylic acids is 1. The maximum atomic E-state index is 12.3. The van der Waals surface area contributed by atoms with Crippen LogP contribution in [-0.4, -0.2) is 34.7 Å². The predicted molar refractivity (Wildman–Crippen MR) is 80.1 cm³/mol. The van der Waals surface area contributed by atoms with Crippen LogP contribution < -0.4 is 10.2 Å². The van der Waals surface area contributed by atoms with Crippen molar-refractivity contribution in [1.82, 2.24) is 15.5 Å². The summed E-state index contributed by atoms with van der Waals surface area (Å²) in [6, 6.07) is 0.362. The summed E-state index contributed by atoms with van der Waals surface area (Å²) in [6.07, 6.45) is 4.23. The van der Waals surface area contributed by atoms with Gasteiger partial charge in [-0.2, -0.15) is 0 Å². The van der Waals surface area contributed by atoms with Gasteiger partial charge in [-0.25, -0.2) is 0 Å². The summed E-state index contributed by atoms with van der Waals surface area (Å²) in [4.78, 5) is 14.4. The Hall–Kier alpha value is -1.17. The van der Waals surface area contributed by atoms with E-state index >= 15 is 0 Å². The summed E-state index contributed by atoms with van der Waals surface area (Å²) in [5, 5.41) is 13.6. The van der Waals surface area contributed by atoms with Crippen LogP contribution in [0.3, 0.4) is 0 Å². The Bertz CT molecular complexity index is 504. The second-order valence-electron chi connectivity index (χ2n) is 6.77. The zero-order chi connectivity index (χ0) is 14.3. The Balaban J connectivity index is 1.74. The molecule has 1 aromatic rings. The van der Waals surface area contributed by atoms with E-state index in [1.807, 2.05) is 0 Å². The van der Waals surface area contributed by atoms with Crippen LogP contribution in [0.4, 0.5) is 5.13 Å². The minimum atomic E-state index is -0.0589. The summed E-state index contributed by atoms with van der Waals surface area (Å²) < 4.78 is 0. The van der Waals surface area contributed by atoms with Gasteiger partial charge in [0.25, 0.3) is 0 Å². The van der Waals surface area contributed by atoms with Crippen LogP contribution >= 0.6 is 11.3 Å². The van der Waals surface area contributed by atoms with E-state index in [9.17, 15) is 4.79 Å². The van der Waals surface area contributed by atoms with E-state index in [4.69, 9.17) is 0 Å². The van der Waals surface area contributed by atoms with E-state index in [1.165, 1.54) is 0 Å². The van der Waals surface area contributed by atoms with Gasteiger partial charge in [0.05, 0.1) is 0 Å². The molecule has 1 saturated heterocycles. The molecule has 6 heteroatoms. The van der Waals surface area contributed by atoms with Crippen LogP contribution in [0.25, 0.3) is 0 Å². The summed E-state index contributed by atoms with van der Waals surface area (Å²) in [6.45, 7) is 7.32. The van der Waals surface area contributed by atoms with Crippen molar-refractivity contribution in [1.29, 1.82) is 0 Å². The fourth-order valence-electron chi connectivity index (χ4n) is 2.43. The smallest absolute Gasteiger partial charge is 0.243 e. The molecular formula is C14H22N4OS. The highest BCUT2D eigenvalue weighted by Crippen LogP contribution is 2.33. The average Bonchev–Trinajstić information content (AvgIpc) is 2.91. The molecule has 2 fully saturated rings. The van der Waals surface area contributed by atoms with Gasteiger partial charge in [0.15, 0.2) is 0 Å². The van der Waals surface area contributed by atoms with Gasteiger partial charge in [-0.05, 0) is 25.7 Å². The van der Waals surface area contributed by atoms with E-state index < -0.39 is 0 Å². The first-order chi connectivity index (χ1) is 9.45. The maximum Gasteiger partial charge on any atom is 0.243 e. The third-order valence-electron chi connectivity index (χ3n) is 3.78. The van der Waals surface area contributed by atoms with E-state index in [0.29, 0.717) is 6.04 Å². The number of anilines is 1. The fourth-order valence-corrected chi connectivity index (χ4v) is 3.41. The van der Waals surface area contributed by atoms with Crippen molar-refractivity contribution < 1.29 is 4.79 Å². The molecule has 110 valence electrons. The lowest BCUT2D eigenvalue weighted by atomic mass is 9.98. The first kappa shape index (κ1) is 13.8. The third-order valence-corrected chi connectivity index (χ3v) is 5.17. The lowest BCUT2D eigenvalue weighted by molar-refractivity contribution is -0.122. The molecule has 2 heterocycles. The van der Waals surface area contributed by atoms with E-state index in [0.717, 1.165) is 42.4 Å². The standard InChI is InChI=1S/C14H22N4OS/c1-14(2,3)12-16-17-13(20-12)18-8-4-5-10(18)11(19)15-9-6-7-9/h9-10H,4-8H2,1-3H3,(H,15,19)/t10-/m1/s1. The fraction of sp³-hybridized carbons (Fsp3) is 0.786. The van der Waals surface area contributed by atoms with Crippen LogP contribution in [-0.2, 0) is 10.2 Å². The lowest BCUT2D eigenvalue weighted by Crippen LogP contribution is -2.44.